The first-order valence-corrected chi connectivity index (χ1v) is 10.2. The fourth-order valence-electron chi connectivity index (χ4n) is 2.99. The van der Waals surface area contributed by atoms with E-state index in [0.717, 1.165) is 24.0 Å². The molecule has 1 fully saturated rings. The minimum Gasteiger partial charge on any atom is -0.372 e. The van der Waals surface area contributed by atoms with Gasteiger partial charge in [-0.1, -0.05) is 55.8 Å². The topological polar surface area (TPSA) is 49.9 Å². The number of epoxide rings is 1. The summed E-state index contributed by atoms with van der Waals surface area (Å²) in [6.45, 7) is 5.06. The summed E-state index contributed by atoms with van der Waals surface area (Å²) in [5, 5.41) is 0. The van der Waals surface area contributed by atoms with E-state index < -0.39 is 10.0 Å². The van der Waals surface area contributed by atoms with Crippen molar-refractivity contribution in [3.8, 4) is 0 Å². The van der Waals surface area contributed by atoms with Crippen molar-refractivity contribution in [2.45, 2.75) is 43.7 Å². The molecule has 3 rings (SSSR count). The quantitative estimate of drug-likeness (QED) is 0.674. The Balaban J connectivity index is 1.90. The number of rotatable bonds is 8. The highest BCUT2D eigenvalue weighted by atomic mass is 32.2. The van der Waals surface area contributed by atoms with Crippen LogP contribution in [0.5, 0.6) is 0 Å². The van der Waals surface area contributed by atoms with E-state index in [-0.39, 0.29) is 12.1 Å². The highest BCUT2D eigenvalue weighted by Crippen LogP contribution is 2.29. The van der Waals surface area contributed by atoms with Gasteiger partial charge in [0.25, 0.3) is 0 Å². The molecule has 1 saturated heterocycles. The van der Waals surface area contributed by atoms with Gasteiger partial charge in [0.05, 0.1) is 17.6 Å². The molecule has 25 heavy (non-hydrogen) atoms. The van der Waals surface area contributed by atoms with Crippen LogP contribution in [0.2, 0.25) is 0 Å². The van der Waals surface area contributed by atoms with Crippen molar-refractivity contribution < 1.29 is 13.2 Å². The predicted molar refractivity (Wildman–Crippen MR) is 98.9 cm³/mol. The molecule has 2 unspecified atom stereocenters. The van der Waals surface area contributed by atoms with E-state index in [4.69, 9.17) is 4.74 Å². The Hall–Kier alpha value is -1.69. The van der Waals surface area contributed by atoms with Crippen LogP contribution < -0.4 is 0 Å². The van der Waals surface area contributed by atoms with Gasteiger partial charge >= 0.3 is 0 Å². The standard InChI is InChI=1S/C20H25NO3S/c1-3-7-17-10-12-20(13-11-17)25(22,23)21(14-19-15-24-19)16(2)18-8-5-4-6-9-18/h4-6,8-13,16,19H,3,7,14-15H2,1-2H3. The lowest BCUT2D eigenvalue weighted by Crippen LogP contribution is -2.36. The number of hydrogen-bond donors (Lipinski definition) is 0. The summed E-state index contributed by atoms with van der Waals surface area (Å²) in [4.78, 5) is 0.343. The molecule has 0 aliphatic carbocycles. The molecule has 0 aromatic heterocycles. The van der Waals surface area contributed by atoms with Crippen molar-refractivity contribution >= 4 is 10.0 Å². The Morgan fingerprint density at radius 1 is 1.12 bits per heavy atom. The third-order valence-electron chi connectivity index (χ3n) is 4.57. The maximum Gasteiger partial charge on any atom is 0.243 e. The maximum absolute atomic E-state index is 13.2. The second-order valence-electron chi connectivity index (χ2n) is 6.51. The Morgan fingerprint density at radius 3 is 2.32 bits per heavy atom. The van der Waals surface area contributed by atoms with E-state index >= 15 is 0 Å². The maximum atomic E-state index is 13.2. The van der Waals surface area contributed by atoms with Gasteiger partial charge < -0.3 is 4.74 Å². The third kappa shape index (κ3) is 4.29. The molecule has 4 nitrogen and oxygen atoms in total. The van der Waals surface area contributed by atoms with Gasteiger partial charge in [0.15, 0.2) is 0 Å². The van der Waals surface area contributed by atoms with Gasteiger partial charge in [-0.25, -0.2) is 8.42 Å². The van der Waals surface area contributed by atoms with Gasteiger partial charge in [-0.05, 0) is 36.6 Å². The predicted octanol–water partition coefficient (Wildman–Crippen LogP) is 3.79. The molecular formula is C20H25NO3S. The van der Waals surface area contributed by atoms with Crippen molar-refractivity contribution in [2.75, 3.05) is 13.2 Å². The van der Waals surface area contributed by atoms with Gasteiger partial charge in [0.2, 0.25) is 10.0 Å². The van der Waals surface area contributed by atoms with Crippen LogP contribution in [0.3, 0.4) is 0 Å². The van der Waals surface area contributed by atoms with E-state index in [1.165, 1.54) is 0 Å². The number of hydrogen-bond acceptors (Lipinski definition) is 3. The number of sulfonamides is 1. The van der Waals surface area contributed by atoms with Crippen molar-refractivity contribution in [3.05, 3.63) is 65.7 Å². The van der Waals surface area contributed by atoms with E-state index in [1.807, 2.05) is 49.4 Å². The van der Waals surface area contributed by atoms with Crippen LogP contribution in [0.15, 0.2) is 59.5 Å². The second kappa shape index (κ2) is 7.68. The molecule has 0 spiro atoms. The van der Waals surface area contributed by atoms with Crippen molar-refractivity contribution in [1.82, 2.24) is 4.31 Å². The Morgan fingerprint density at radius 2 is 1.76 bits per heavy atom. The molecule has 1 heterocycles. The van der Waals surface area contributed by atoms with Crippen molar-refractivity contribution in [2.24, 2.45) is 0 Å². The van der Waals surface area contributed by atoms with E-state index in [0.29, 0.717) is 18.0 Å². The van der Waals surface area contributed by atoms with Crippen LogP contribution >= 0.6 is 0 Å². The fraction of sp³-hybridized carbons (Fsp3) is 0.400. The van der Waals surface area contributed by atoms with Gasteiger partial charge in [0.1, 0.15) is 0 Å². The Bertz CT molecular complexity index is 783. The summed E-state index contributed by atoms with van der Waals surface area (Å²) >= 11 is 0. The first-order valence-electron chi connectivity index (χ1n) is 8.79. The van der Waals surface area contributed by atoms with Crippen molar-refractivity contribution in [3.63, 3.8) is 0 Å². The fourth-order valence-corrected chi connectivity index (χ4v) is 4.64. The minimum absolute atomic E-state index is 0.000279. The van der Waals surface area contributed by atoms with E-state index in [9.17, 15) is 8.42 Å². The van der Waals surface area contributed by atoms with Gasteiger partial charge in [-0.15, -0.1) is 0 Å². The van der Waals surface area contributed by atoms with Crippen LogP contribution in [0.1, 0.15) is 37.4 Å². The number of benzene rings is 2. The molecule has 2 aromatic rings. The molecule has 0 saturated carbocycles. The third-order valence-corrected chi connectivity index (χ3v) is 6.52. The van der Waals surface area contributed by atoms with Gasteiger partial charge in [-0.3, -0.25) is 0 Å². The monoisotopic (exact) mass is 359 g/mol. The van der Waals surface area contributed by atoms with Crippen molar-refractivity contribution in [1.29, 1.82) is 0 Å². The SMILES string of the molecule is CCCc1ccc(S(=O)(=O)N(CC2CO2)C(C)c2ccccc2)cc1. The largest absolute Gasteiger partial charge is 0.372 e. The minimum atomic E-state index is -3.58. The first-order chi connectivity index (χ1) is 12.0. The lowest BCUT2D eigenvalue weighted by atomic mass is 10.1. The van der Waals surface area contributed by atoms with Crippen LogP contribution in [-0.2, 0) is 21.2 Å². The first kappa shape index (κ1) is 18.1. The molecule has 0 radical (unpaired) electrons. The smallest absolute Gasteiger partial charge is 0.243 e. The van der Waals surface area contributed by atoms with Gasteiger partial charge in [0, 0.05) is 12.6 Å². The second-order valence-corrected chi connectivity index (χ2v) is 8.40. The number of aryl methyl sites for hydroxylation is 1. The Kier molecular flexibility index (Phi) is 5.57. The summed E-state index contributed by atoms with van der Waals surface area (Å²) in [6, 6.07) is 16.8. The normalized spacial score (nSPS) is 18.3. The summed E-state index contributed by atoms with van der Waals surface area (Å²) in [5.74, 6) is 0. The molecular weight excluding hydrogens is 334 g/mol. The van der Waals surface area contributed by atoms with Crippen LogP contribution in [0.25, 0.3) is 0 Å². The molecule has 0 bridgehead atoms. The number of nitrogens with zero attached hydrogens (tertiary/aromatic N) is 1. The zero-order valence-electron chi connectivity index (χ0n) is 14.8. The average Bonchev–Trinajstić information content (AvgIpc) is 3.45. The zero-order chi connectivity index (χ0) is 17.9. The molecule has 1 aliphatic rings. The molecule has 134 valence electrons. The molecule has 1 aliphatic heterocycles. The summed E-state index contributed by atoms with van der Waals surface area (Å²) in [6.07, 6.45) is 2.00. The van der Waals surface area contributed by atoms with Gasteiger partial charge in [-0.2, -0.15) is 4.31 Å². The van der Waals surface area contributed by atoms with Crippen LogP contribution in [-0.4, -0.2) is 32.0 Å². The summed E-state index contributed by atoms with van der Waals surface area (Å²) < 4.78 is 33.4. The highest BCUT2D eigenvalue weighted by Gasteiger charge is 2.36. The van der Waals surface area contributed by atoms with Crippen LogP contribution in [0.4, 0.5) is 0 Å². The Labute approximate surface area is 150 Å². The molecule has 2 atom stereocenters. The van der Waals surface area contributed by atoms with E-state index in [1.54, 1.807) is 16.4 Å². The molecule has 5 heteroatoms. The number of ether oxygens (including phenoxy) is 1. The lowest BCUT2D eigenvalue weighted by Gasteiger charge is -2.28. The summed E-state index contributed by atoms with van der Waals surface area (Å²) in [7, 11) is -3.58. The van der Waals surface area contributed by atoms with E-state index in [2.05, 4.69) is 6.92 Å². The van der Waals surface area contributed by atoms with Crippen LogP contribution in [0, 0.1) is 0 Å². The average molecular weight is 359 g/mol. The zero-order valence-corrected chi connectivity index (χ0v) is 15.6. The molecule has 2 aromatic carbocycles. The summed E-state index contributed by atoms with van der Waals surface area (Å²) in [5.41, 5.74) is 2.14. The molecule has 0 N–H and O–H groups in total. The highest BCUT2D eigenvalue weighted by molar-refractivity contribution is 7.89. The molecule has 0 amide bonds. The lowest BCUT2D eigenvalue weighted by molar-refractivity contribution is 0.295.